The normalized spacial score (nSPS) is 28.7. The molecule has 0 amide bonds. The molecular formula is C14H23N3O2. The van der Waals surface area contributed by atoms with Gasteiger partial charge in [0.2, 0.25) is 0 Å². The largest absolute Gasteiger partial charge is 0.600 e. The molecule has 2 N–H and O–H groups in total. The van der Waals surface area contributed by atoms with Gasteiger partial charge in [0, 0.05) is 18.9 Å². The second kappa shape index (κ2) is 8.09. The van der Waals surface area contributed by atoms with E-state index in [4.69, 9.17) is 4.84 Å². The first-order valence-electron chi connectivity index (χ1n) is 7.07. The number of nitrogens with one attached hydrogen (secondary N) is 2. The van der Waals surface area contributed by atoms with Crippen molar-refractivity contribution < 1.29 is 10.1 Å². The molecule has 2 aliphatic rings. The van der Waals surface area contributed by atoms with Crippen LogP contribution in [0.1, 0.15) is 38.5 Å². The number of hydrogen-bond acceptors (Lipinski definition) is 3. The van der Waals surface area contributed by atoms with Crippen LogP contribution >= 0.6 is 0 Å². The van der Waals surface area contributed by atoms with Gasteiger partial charge < -0.3 is 10.5 Å². The molecule has 0 aliphatic heterocycles. The Morgan fingerprint density at radius 1 is 1.21 bits per heavy atom. The van der Waals surface area contributed by atoms with E-state index < -0.39 is 0 Å². The Hall–Kier alpha value is -1.17. The Balaban J connectivity index is 1.57. The van der Waals surface area contributed by atoms with Crippen molar-refractivity contribution >= 4 is 6.34 Å². The van der Waals surface area contributed by atoms with Crippen molar-refractivity contribution in [1.29, 1.82) is 0 Å². The fourth-order valence-electron chi connectivity index (χ4n) is 2.37. The van der Waals surface area contributed by atoms with Gasteiger partial charge in [0.25, 0.3) is 0 Å². The van der Waals surface area contributed by atoms with E-state index >= 15 is 0 Å². The van der Waals surface area contributed by atoms with Crippen LogP contribution in [0.25, 0.3) is 0 Å². The van der Waals surface area contributed by atoms with E-state index in [2.05, 4.69) is 34.6 Å². The molecular weight excluding hydrogens is 242 g/mol. The Morgan fingerprint density at radius 3 is 2.68 bits per heavy atom. The summed E-state index contributed by atoms with van der Waals surface area (Å²) in [6, 6.07) is 0.490. The molecule has 2 rings (SSSR count). The summed E-state index contributed by atoms with van der Waals surface area (Å²) in [4.78, 5) is 9.23. The molecule has 0 aromatic heterocycles. The summed E-state index contributed by atoms with van der Waals surface area (Å²) in [6.07, 6.45) is 16.2. The SMILES string of the molecule is [O-][NH+](OCN=CNC1CC=CCC1)C1CC=CCC1. The summed E-state index contributed by atoms with van der Waals surface area (Å²) in [5.74, 6) is 0. The summed E-state index contributed by atoms with van der Waals surface area (Å²) >= 11 is 0. The monoisotopic (exact) mass is 265 g/mol. The van der Waals surface area contributed by atoms with Crippen LogP contribution in [0.4, 0.5) is 0 Å². The van der Waals surface area contributed by atoms with Crippen molar-refractivity contribution in [2.45, 2.75) is 50.6 Å². The topological polar surface area (TPSA) is 61.1 Å². The summed E-state index contributed by atoms with van der Waals surface area (Å²) in [5.41, 5.74) is 0. The van der Waals surface area contributed by atoms with Gasteiger partial charge in [0.15, 0.2) is 6.73 Å². The zero-order chi connectivity index (χ0) is 13.3. The number of rotatable bonds is 6. The van der Waals surface area contributed by atoms with Crippen molar-refractivity contribution in [3.63, 3.8) is 0 Å². The van der Waals surface area contributed by atoms with Crippen LogP contribution in [0.3, 0.4) is 0 Å². The maximum atomic E-state index is 11.7. The Kier molecular flexibility index (Phi) is 6.07. The smallest absolute Gasteiger partial charge is 0.197 e. The molecule has 106 valence electrons. The van der Waals surface area contributed by atoms with Crippen molar-refractivity contribution in [1.82, 2.24) is 5.32 Å². The number of aliphatic imine (C=N–C) groups is 1. The summed E-state index contributed by atoms with van der Waals surface area (Å²) < 4.78 is 0. The molecule has 0 radical (unpaired) electrons. The van der Waals surface area contributed by atoms with Crippen molar-refractivity contribution in [3.8, 4) is 0 Å². The molecule has 0 saturated heterocycles. The molecule has 0 saturated carbocycles. The van der Waals surface area contributed by atoms with Crippen LogP contribution in [-0.2, 0) is 4.84 Å². The van der Waals surface area contributed by atoms with Gasteiger partial charge in [0.05, 0.1) is 6.34 Å². The predicted molar refractivity (Wildman–Crippen MR) is 75.5 cm³/mol. The molecule has 0 bridgehead atoms. The van der Waals surface area contributed by atoms with Crippen LogP contribution in [-0.4, -0.2) is 25.2 Å². The average molecular weight is 265 g/mol. The highest BCUT2D eigenvalue weighted by Crippen LogP contribution is 2.09. The third-order valence-corrected chi connectivity index (χ3v) is 3.55. The first kappa shape index (κ1) is 14.2. The van der Waals surface area contributed by atoms with Gasteiger partial charge in [0.1, 0.15) is 6.04 Å². The predicted octanol–water partition coefficient (Wildman–Crippen LogP) is 1.09. The zero-order valence-corrected chi connectivity index (χ0v) is 11.3. The third-order valence-electron chi connectivity index (χ3n) is 3.55. The average Bonchev–Trinajstić information content (AvgIpc) is 2.49. The molecule has 3 unspecified atom stereocenters. The van der Waals surface area contributed by atoms with Crippen LogP contribution in [0.2, 0.25) is 0 Å². The first-order chi connectivity index (χ1) is 9.36. The second-order valence-corrected chi connectivity index (χ2v) is 5.03. The second-order valence-electron chi connectivity index (χ2n) is 5.03. The Bertz CT molecular complexity index is 342. The molecule has 5 heteroatoms. The van der Waals surface area contributed by atoms with Gasteiger partial charge in [-0.15, -0.1) is 0 Å². The molecule has 0 heterocycles. The standard InChI is InChI=1S/C14H23N3O2/c18-17(14-9-5-2-6-10-14)19-12-15-11-16-13-7-3-1-4-8-13/h1-3,5,11,13-14,17H,4,6-10,12H2,(H,15,16). The van der Waals surface area contributed by atoms with Gasteiger partial charge in [-0.25, -0.2) is 10.2 Å². The maximum absolute atomic E-state index is 11.7. The fourth-order valence-corrected chi connectivity index (χ4v) is 2.37. The summed E-state index contributed by atoms with van der Waals surface area (Å²) in [7, 11) is 0. The van der Waals surface area contributed by atoms with E-state index in [1.54, 1.807) is 6.34 Å². The van der Waals surface area contributed by atoms with Crippen molar-refractivity contribution in [2.24, 2.45) is 4.99 Å². The van der Waals surface area contributed by atoms with Crippen molar-refractivity contribution in [2.75, 3.05) is 6.73 Å². The maximum Gasteiger partial charge on any atom is 0.197 e. The zero-order valence-electron chi connectivity index (χ0n) is 11.3. The molecule has 0 aromatic rings. The number of hydroxylamine groups is 2. The van der Waals surface area contributed by atoms with Crippen LogP contribution < -0.4 is 10.5 Å². The number of quaternary nitrogens is 1. The number of nitrogens with zero attached hydrogens (tertiary/aromatic N) is 1. The lowest BCUT2D eigenvalue weighted by atomic mass is 10.0. The minimum absolute atomic E-state index is 0.0247. The highest BCUT2D eigenvalue weighted by atomic mass is 16.9. The molecule has 19 heavy (non-hydrogen) atoms. The van der Waals surface area contributed by atoms with Crippen LogP contribution in [0.15, 0.2) is 29.3 Å². The van der Waals surface area contributed by atoms with Crippen LogP contribution in [0, 0.1) is 5.21 Å². The van der Waals surface area contributed by atoms with E-state index in [1.165, 1.54) is 0 Å². The third kappa shape index (κ3) is 5.14. The quantitative estimate of drug-likeness (QED) is 0.327. The molecule has 0 fully saturated rings. The Morgan fingerprint density at radius 2 is 2.00 bits per heavy atom. The molecule has 0 spiro atoms. The Labute approximate surface area is 114 Å². The minimum Gasteiger partial charge on any atom is -0.600 e. The molecule has 5 nitrogen and oxygen atoms in total. The highest BCUT2D eigenvalue weighted by Gasteiger charge is 2.17. The number of allylic oxidation sites excluding steroid dienone is 2. The van der Waals surface area contributed by atoms with E-state index in [0.717, 1.165) is 38.5 Å². The summed E-state index contributed by atoms with van der Waals surface area (Å²) in [6.45, 7) is 0.120. The van der Waals surface area contributed by atoms with Gasteiger partial charge in [-0.3, -0.25) is 0 Å². The summed E-state index contributed by atoms with van der Waals surface area (Å²) in [5, 5.41) is 14.8. The van der Waals surface area contributed by atoms with E-state index in [-0.39, 0.29) is 18.0 Å². The lowest BCUT2D eigenvalue weighted by Crippen LogP contribution is -3.10. The molecule has 0 aromatic carbocycles. The molecule has 3 atom stereocenters. The van der Waals surface area contributed by atoms with Gasteiger partial charge in [-0.2, -0.15) is 4.84 Å². The van der Waals surface area contributed by atoms with Crippen molar-refractivity contribution in [3.05, 3.63) is 29.5 Å². The van der Waals surface area contributed by atoms with E-state index in [9.17, 15) is 5.21 Å². The fraction of sp³-hybridized carbons (Fsp3) is 0.643. The van der Waals surface area contributed by atoms with Gasteiger partial charge in [-0.05, 0) is 25.7 Å². The van der Waals surface area contributed by atoms with Gasteiger partial charge >= 0.3 is 0 Å². The van der Waals surface area contributed by atoms with E-state index in [1.807, 2.05) is 0 Å². The van der Waals surface area contributed by atoms with Gasteiger partial charge in [-0.1, -0.05) is 24.3 Å². The first-order valence-corrected chi connectivity index (χ1v) is 7.07. The minimum atomic E-state index is -0.123. The highest BCUT2D eigenvalue weighted by molar-refractivity contribution is 5.54. The lowest BCUT2D eigenvalue weighted by molar-refractivity contribution is -1.07. The van der Waals surface area contributed by atoms with E-state index in [0.29, 0.717) is 6.04 Å². The lowest BCUT2D eigenvalue weighted by Gasteiger charge is -2.28. The molecule has 2 aliphatic carbocycles. The van der Waals surface area contributed by atoms with Crippen LogP contribution in [0.5, 0.6) is 0 Å². The number of hydrogen-bond donors (Lipinski definition) is 2.